The van der Waals surface area contributed by atoms with Gasteiger partial charge in [-0.3, -0.25) is 0 Å². The van der Waals surface area contributed by atoms with Gasteiger partial charge in [0, 0.05) is 36.3 Å². The maximum Gasteiger partial charge on any atom is 0.318 e. The molecule has 0 unspecified atom stereocenters. The number of amides is 2. The summed E-state index contributed by atoms with van der Waals surface area (Å²) >= 11 is 5.78. The number of piperidine rings is 1. The minimum atomic E-state index is -0.437. The number of urea groups is 1. The highest BCUT2D eigenvalue weighted by molar-refractivity contribution is 6.30. The van der Waals surface area contributed by atoms with E-state index in [0.29, 0.717) is 23.1 Å². The van der Waals surface area contributed by atoms with Gasteiger partial charge in [-0.1, -0.05) is 17.7 Å². The number of nitrogens with one attached hydrogen (secondary N) is 1. The van der Waals surface area contributed by atoms with Crippen molar-refractivity contribution in [3.05, 3.63) is 40.8 Å². The molecular formula is C19H22ClFN6O2. The fourth-order valence-electron chi connectivity index (χ4n) is 3.69. The number of rotatable bonds is 5. The van der Waals surface area contributed by atoms with Crippen LogP contribution in [0.3, 0.4) is 0 Å². The number of benzene rings is 1. The molecule has 2 aromatic rings. The van der Waals surface area contributed by atoms with Crippen LogP contribution in [0.1, 0.15) is 31.2 Å². The molecule has 2 fully saturated rings. The Labute approximate surface area is 172 Å². The summed E-state index contributed by atoms with van der Waals surface area (Å²) in [7, 11) is 0. The van der Waals surface area contributed by atoms with Crippen molar-refractivity contribution in [1.82, 2.24) is 25.4 Å². The Hall–Kier alpha value is -2.68. The van der Waals surface area contributed by atoms with Crippen LogP contribution in [0.5, 0.6) is 5.88 Å². The maximum absolute atomic E-state index is 14.0. The number of halogens is 2. The quantitative estimate of drug-likeness (QED) is 0.772. The fourth-order valence-corrected chi connectivity index (χ4v) is 3.85. The van der Waals surface area contributed by atoms with Crippen molar-refractivity contribution >= 4 is 23.6 Å². The van der Waals surface area contributed by atoms with E-state index in [4.69, 9.17) is 11.6 Å². The number of hydrogen-bond donors (Lipinski definition) is 2. The van der Waals surface area contributed by atoms with Crippen LogP contribution in [-0.4, -0.2) is 56.4 Å². The van der Waals surface area contributed by atoms with Gasteiger partial charge in [0.2, 0.25) is 11.8 Å². The van der Waals surface area contributed by atoms with Crippen LogP contribution in [-0.2, 0) is 6.54 Å². The Balaban J connectivity index is 1.43. The lowest BCUT2D eigenvalue weighted by Crippen LogP contribution is -2.54. The lowest BCUT2D eigenvalue weighted by molar-refractivity contribution is 0.160. The van der Waals surface area contributed by atoms with Gasteiger partial charge in [0.15, 0.2) is 0 Å². The monoisotopic (exact) mass is 420 g/mol. The van der Waals surface area contributed by atoms with E-state index in [-0.39, 0.29) is 30.5 Å². The predicted octanol–water partition coefficient (Wildman–Crippen LogP) is 2.71. The Morgan fingerprint density at radius 1 is 1.34 bits per heavy atom. The number of carbonyl (C=O) groups excluding carboxylic acids is 1. The van der Waals surface area contributed by atoms with Crippen molar-refractivity contribution in [1.29, 1.82) is 0 Å². The Morgan fingerprint density at radius 2 is 2.17 bits per heavy atom. The molecule has 0 radical (unpaired) electrons. The zero-order valence-corrected chi connectivity index (χ0v) is 16.5. The normalized spacial score (nSPS) is 19.1. The molecule has 0 spiro atoms. The van der Waals surface area contributed by atoms with Gasteiger partial charge in [0.25, 0.3) is 0 Å². The molecule has 1 aromatic heterocycles. The maximum atomic E-state index is 14.0. The molecule has 1 saturated carbocycles. The van der Waals surface area contributed by atoms with Gasteiger partial charge in [-0.15, -0.1) is 10.2 Å². The van der Waals surface area contributed by atoms with Crippen molar-refractivity contribution in [2.24, 2.45) is 0 Å². The van der Waals surface area contributed by atoms with E-state index in [0.717, 1.165) is 32.2 Å². The summed E-state index contributed by atoms with van der Waals surface area (Å²) in [6.45, 7) is 1.39. The van der Waals surface area contributed by atoms with Crippen LogP contribution in [0, 0.1) is 5.82 Å². The van der Waals surface area contributed by atoms with Gasteiger partial charge >= 0.3 is 6.03 Å². The SMILES string of the molecule is O=C(NCc1ccc(Cl)cc1F)N(C1CC1)[C@@H]1CCCN(c2nncc(O)n2)C1. The predicted molar refractivity (Wildman–Crippen MR) is 105 cm³/mol. The Bertz CT molecular complexity index is 897. The smallest absolute Gasteiger partial charge is 0.318 e. The summed E-state index contributed by atoms with van der Waals surface area (Å²) < 4.78 is 14.0. The van der Waals surface area contributed by atoms with Crippen molar-refractivity contribution in [3.63, 3.8) is 0 Å². The number of hydrogen-bond acceptors (Lipinski definition) is 6. The van der Waals surface area contributed by atoms with E-state index >= 15 is 0 Å². The van der Waals surface area contributed by atoms with Crippen molar-refractivity contribution in [2.45, 2.75) is 44.3 Å². The molecule has 1 aliphatic carbocycles. The molecule has 29 heavy (non-hydrogen) atoms. The van der Waals surface area contributed by atoms with Gasteiger partial charge in [-0.25, -0.2) is 9.18 Å². The second kappa shape index (κ2) is 8.36. The van der Waals surface area contributed by atoms with Crippen LogP contribution < -0.4 is 10.2 Å². The minimum absolute atomic E-state index is 0.0164. The van der Waals surface area contributed by atoms with Crippen molar-refractivity contribution in [3.8, 4) is 5.88 Å². The van der Waals surface area contributed by atoms with Crippen LogP contribution in [0.15, 0.2) is 24.4 Å². The summed E-state index contributed by atoms with van der Waals surface area (Å²) in [5.74, 6) is -0.263. The standard InChI is InChI=1S/C19H22ClFN6O2/c20-13-4-3-12(16(21)8-13)9-22-19(29)27(14-5-6-14)15-2-1-7-26(11-15)18-24-17(28)10-23-25-18/h3-4,8,10,14-15H,1-2,5-7,9,11H2,(H,22,29)(H,24,25,28)/t15-/m1/s1. The Kier molecular flexibility index (Phi) is 5.66. The van der Waals surface area contributed by atoms with E-state index in [1.807, 2.05) is 9.80 Å². The molecular weight excluding hydrogens is 399 g/mol. The summed E-state index contributed by atoms with van der Waals surface area (Å²) in [6.07, 6.45) is 4.84. The van der Waals surface area contributed by atoms with Gasteiger partial charge < -0.3 is 20.2 Å². The summed E-state index contributed by atoms with van der Waals surface area (Å²) in [5, 5.41) is 20.5. The summed E-state index contributed by atoms with van der Waals surface area (Å²) in [5.41, 5.74) is 0.392. The number of aromatic nitrogens is 3. The molecule has 154 valence electrons. The number of aromatic hydroxyl groups is 1. The topological polar surface area (TPSA) is 94.5 Å². The highest BCUT2D eigenvalue weighted by atomic mass is 35.5. The fraction of sp³-hybridized carbons (Fsp3) is 0.474. The number of anilines is 1. The highest BCUT2D eigenvalue weighted by Gasteiger charge is 2.39. The summed E-state index contributed by atoms with van der Waals surface area (Å²) in [6, 6.07) is 4.39. The van der Waals surface area contributed by atoms with Crippen molar-refractivity contribution < 1.29 is 14.3 Å². The molecule has 2 heterocycles. The first kappa shape index (κ1) is 19.6. The molecule has 1 atom stereocenters. The van der Waals surface area contributed by atoms with Gasteiger partial charge in [0.05, 0.1) is 6.04 Å². The van der Waals surface area contributed by atoms with E-state index in [2.05, 4.69) is 20.5 Å². The molecule has 1 aliphatic heterocycles. The van der Waals surface area contributed by atoms with Gasteiger partial charge in [0.1, 0.15) is 12.0 Å². The molecule has 2 aliphatic rings. The molecule has 8 nitrogen and oxygen atoms in total. The van der Waals surface area contributed by atoms with Gasteiger partial charge in [-0.2, -0.15) is 4.98 Å². The molecule has 2 N–H and O–H groups in total. The zero-order chi connectivity index (χ0) is 20.4. The van der Waals surface area contributed by atoms with Crippen LogP contribution in [0.25, 0.3) is 0 Å². The third-order valence-corrected chi connectivity index (χ3v) is 5.46. The van der Waals surface area contributed by atoms with E-state index in [1.54, 1.807) is 12.1 Å². The van der Waals surface area contributed by atoms with E-state index < -0.39 is 5.82 Å². The first-order chi connectivity index (χ1) is 14.0. The zero-order valence-electron chi connectivity index (χ0n) is 15.8. The average Bonchev–Trinajstić information content (AvgIpc) is 3.53. The third-order valence-electron chi connectivity index (χ3n) is 5.23. The van der Waals surface area contributed by atoms with Crippen LogP contribution >= 0.6 is 11.6 Å². The minimum Gasteiger partial charge on any atom is -0.492 e. The molecule has 4 rings (SSSR count). The first-order valence-corrected chi connectivity index (χ1v) is 10.0. The lowest BCUT2D eigenvalue weighted by atomic mass is 10.0. The number of nitrogens with zero attached hydrogens (tertiary/aromatic N) is 5. The first-order valence-electron chi connectivity index (χ1n) is 9.65. The largest absolute Gasteiger partial charge is 0.492 e. The summed E-state index contributed by atoms with van der Waals surface area (Å²) in [4.78, 5) is 20.8. The highest BCUT2D eigenvalue weighted by Crippen LogP contribution is 2.32. The van der Waals surface area contributed by atoms with Gasteiger partial charge in [-0.05, 0) is 37.8 Å². The molecule has 10 heteroatoms. The number of carbonyl (C=O) groups is 1. The average molecular weight is 421 g/mol. The second-order valence-electron chi connectivity index (χ2n) is 7.39. The third kappa shape index (κ3) is 4.67. The van der Waals surface area contributed by atoms with E-state index in [1.165, 1.54) is 12.3 Å². The van der Waals surface area contributed by atoms with Crippen LogP contribution in [0.2, 0.25) is 5.02 Å². The lowest BCUT2D eigenvalue weighted by Gasteiger charge is -2.39. The molecule has 2 amide bonds. The van der Waals surface area contributed by atoms with Crippen LogP contribution in [0.4, 0.5) is 15.1 Å². The second-order valence-corrected chi connectivity index (χ2v) is 7.83. The molecule has 0 bridgehead atoms. The van der Waals surface area contributed by atoms with Crippen molar-refractivity contribution in [2.75, 3.05) is 18.0 Å². The molecule has 1 aromatic carbocycles. The molecule has 1 saturated heterocycles. The Morgan fingerprint density at radius 3 is 2.90 bits per heavy atom. The van der Waals surface area contributed by atoms with E-state index in [9.17, 15) is 14.3 Å².